The third-order valence-corrected chi connectivity index (χ3v) is 2.90. The first-order valence-corrected chi connectivity index (χ1v) is 6.23. The third-order valence-electron chi connectivity index (χ3n) is 2.90. The first kappa shape index (κ1) is 15.8. The Labute approximate surface area is 121 Å². The number of rotatable bonds is 3. The fraction of sp³-hybridized carbons (Fsp3) is 0.308. The van der Waals surface area contributed by atoms with Crippen LogP contribution in [-0.2, 0) is 11.3 Å². The lowest BCUT2D eigenvalue weighted by molar-refractivity contribution is -0.161. The lowest BCUT2D eigenvalue weighted by Gasteiger charge is -2.08. The van der Waals surface area contributed by atoms with E-state index in [2.05, 4.69) is 9.72 Å². The van der Waals surface area contributed by atoms with E-state index >= 15 is 0 Å². The summed E-state index contributed by atoms with van der Waals surface area (Å²) in [5.41, 5.74) is -1.35. The molecule has 0 spiro atoms. The lowest BCUT2D eigenvalue weighted by Crippen LogP contribution is -2.34. The summed E-state index contributed by atoms with van der Waals surface area (Å²) in [6, 6.07) is 3.53. The van der Waals surface area contributed by atoms with Crippen LogP contribution in [0, 0.1) is 0 Å². The second kappa shape index (κ2) is 5.66. The van der Waals surface area contributed by atoms with Crippen LogP contribution in [0.1, 0.15) is 17.3 Å². The highest BCUT2D eigenvalue weighted by Gasteiger charge is 2.29. The monoisotopic (exact) mass is 316 g/mol. The van der Waals surface area contributed by atoms with Gasteiger partial charge in [-0.2, -0.15) is 13.2 Å². The molecule has 0 bridgehead atoms. The van der Waals surface area contributed by atoms with Crippen LogP contribution in [-0.4, -0.2) is 28.3 Å². The van der Waals surface area contributed by atoms with Gasteiger partial charge >= 0.3 is 17.8 Å². The van der Waals surface area contributed by atoms with Crippen LogP contribution in [0.5, 0.6) is 0 Å². The first-order valence-electron chi connectivity index (χ1n) is 6.23. The van der Waals surface area contributed by atoms with Gasteiger partial charge in [0.15, 0.2) is 6.61 Å². The number of nitrogens with zero attached hydrogens (tertiary/aromatic N) is 1. The quantitative estimate of drug-likeness (QED) is 0.869. The molecule has 6 nitrogen and oxygen atoms in total. The fourth-order valence-corrected chi connectivity index (χ4v) is 1.90. The average Bonchev–Trinajstić information content (AvgIpc) is 2.43. The van der Waals surface area contributed by atoms with Crippen molar-refractivity contribution in [2.24, 2.45) is 0 Å². The minimum absolute atomic E-state index is 0.0566. The van der Waals surface area contributed by atoms with Crippen LogP contribution < -0.4 is 11.2 Å². The van der Waals surface area contributed by atoms with Crippen molar-refractivity contribution >= 4 is 16.9 Å². The normalized spacial score (nSPS) is 11.6. The van der Waals surface area contributed by atoms with E-state index in [1.807, 2.05) is 0 Å². The number of carbonyl (C=O) groups is 1. The number of aromatic amines is 1. The number of hydrogen-bond donors (Lipinski definition) is 1. The van der Waals surface area contributed by atoms with Crippen molar-refractivity contribution < 1.29 is 22.7 Å². The smallest absolute Gasteiger partial charge is 0.422 e. The van der Waals surface area contributed by atoms with Crippen LogP contribution in [0.25, 0.3) is 10.9 Å². The molecule has 0 atom stereocenters. The van der Waals surface area contributed by atoms with Gasteiger partial charge in [0.2, 0.25) is 0 Å². The highest BCUT2D eigenvalue weighted by molar-refractivity contribution is 5.94. The summed E-state index contributed by atoms with van der Waals surface area (Å²) in [6.07, 6.45) is -4.63. The molecule has 0 unspecified atom stereocenters. The van der Waals surface area contributed by atoms with E-state index in [4.69, 9.17) is 0 Å². The van der Waals surface area contributed by atoms with Gasteiger partial charge in [0.25, 0.3) is 5.56 Å². The number of halogens is 3. The highest BCUT2D eigenvalue weighted by Crippen LogP contribution is 2.16. The Morgan fingerprint density at radius 1 is 1.32 bits per heavy atom. The standard InChI is InChI=1S/C13H11F3N2O4/c1-2-18-10(19)8-4-3-7(5-9(8)17-12(18)21)11(20)22-6-13(14,15)16/h3-5H,2,6H2,1H3,(H,17,21). The third kappa shape index (κ3) is 3.18. The zero-order valence-corrected chi connectivity index (χ0v) is 11.4. The van der Waals surface area contributed by atoms with Gasteiger partial charge in [-0.05, 0) is 25.1 Å². The van der Waals surface area contributed by atoms with Gasteiger partial charge in [-0.3, -0.25) is 9.36 Å². The largest absolute Gasteiger partial charge is 0.452 e. The maximum atomic E-state index is 12.0. The molecular weight excluding hydrogens is 305 g/mol. The summed E-state index contributed by atoms with van der Waals surface area (Å²) in [4.78, 5) is 37.6. The van der Waals surface area contributed by atoms with E-state index in [0.29, 0.717) is 0 Å². The van der Waals surface area contributed by atoms with E-state index in [1.54, 1.807) is 6.92 Å². The van der Waals surface area contributed by atoms with Crippen LogP contribution in [0.3, 0.4) is 0 Å². The van der Waals surface area contributed by atoms with Crippen molar-refractivity contribution in [1.29, 1.82) is 0 Å². The number of carbonyl (C=O) groups excluding carboxylic acids is 1. The number of fused-ring (bicyclic) bond motifs is 1. The van der Waals surface area contributed by atoms with Gasteiger partial charge < -0.3 is 9.72 Å². The maximum absolute atomic E-state index is 12.0. The summed E-state index contributed by atoms with van der Waals surface area (Å²) in [7, 11) is 0. The van der Waals surface area contributed by atoms with Crippen LogP contribution in [0.15, 0.2) is 27.8 Å². The number of nitrogens with one attached hydrogen (secondary N) is 1. The van der Waals surface area contributed by atoms with E-state index < -0.39 is 30.0 Å². The van der Waals surface area contributed by atoms with E-state index in [9.17, 15) is 27.6 Å². The number of aromatic nitrogens is 2. The van der Waals surface area contributed by atoms with Gasteiger partial charge in [-0.15, -0.1) is 0 Å². The molecule has 22 heavy (non-hydrogen) atoms. The van der Waals surface area contributed by atoms with Crippen LogP contribution in [0.4, 0.5) is 13.2 Å². The average molecular weight is 316 g/mol. The minimum Gasteiger partial charge on any atom is -0.452 e. The molecule has 0 aliphatic carbocycles. The number of alkyl halides is 3. The van der Waals surface area contributed by atoms with Crippen molar-refractivity contribution in [3.63, 3.8) is 0 Å². The number of benzene rings is 1. The highest BCUT2D eigenvalue weighted by atomic mass is 19.4. The molecule has 0 saturated heterocycles. The van der Waals surface area contributed by atoms with Gasteiger partial charge in [0, 0.05) is 6.54 Å². The van der Waals surface area contributed by atoms with Crippen LogP contribution >= 0.6 is 0 Å². The number of H-pyrrole nitrogens is 1. The predicted molar refractivity (Wildman–Crippen MR) is 70.8 cm³/mol. The van der Waals surface area contributed by atoms with Crippen molar-refractivity contribution in [1.82, 2.24) is 9.55 Å². The summed E-state index contributed by atoms with van der Waals surface area (Å²) in [5, 5.41) is 0.147. The topological polar surface area (TPSA) is 81.2 Å². The van der Waals surface area contributed by atoms with Gasteiger partial charge in [-0.25, -0.2) is 9.59 Å². The van der Waals surface area contributed by atoms with E-state index in [1.165, 1.54) is 12.1 Å². The molecule has 118 valence electrons. The molecule has 2 rings (SSSR count). The van der Waals surface area contributed by atoms with Crippen molar-refractivity contribution in [3.05, 3.63) is 44.6 Å². The molecule has 0 aliphatic heterocycles. The molecule has 1 aromatic heterocycles. The summed E-state index contributed by atoms with van der Waals surface area (Å²) < 4.78 is 41.1. The molecule has 1 aromatic carbocycles. The van der Waals surface area contributed by atoms with Gasteiger partial charge in [0.05, 0.1) is 16.5 Å². The first-order chi connectivity index (χ1) is 10.2. The molecule has 0 radical (unpaired) electrons. The van der Waals surface area contributed by atoms with E-state index in [0.717, 1.165) is 10.6 Å². The zero-order chi connectivity index (χ0) is 16.5. The van der Waals surface area contributed by atoms with Gasteiger partial charge in [0.1, 0.15) is 0 Å². The number of esters is 1. The summed E-state index contributed by atoms with van der Waals surface area (Å²) in [6.45, 7) is 0.0721. The Morgan fingerprint density at radius 2 is 2.00 bits per heavy atom. The zero-order valence-electron chi connectivity index (χ0n) is 11.4. The molecular formula is C13H11F3N2O4. The second-order valence-electron chi connectivity index (χ2n) is 4.43. The Kier molecular flexibility index (Phi) is 4.07. The minimum atomic E-state index is -4.63. The van der Waals surface area contributed by atoms with Crippen molar-refractivity contribution in [2.75, 3.05) is 6.61 Å². The fourth-order valence-electron chi connectivity index (χ4n) is 1.90. The predicted octanol–water partition coefficient (Wildman–Crippen LogP) is 1.43. The lowest BCUT2D eigenvalue weighted by atomic mass is 10.1. The SMILES string of the molecule is CCn1c(=O)[nH]c2cc(C(=O)OCC(F)(F)F)ccc2c1=O. The Morgan fingerprint density at radius 3 is 2.59 bits per heavy atom. The molecule has 1 N–H and O–H groups in total. The van der Waals surface area contributed by atoms with Crippen molar-refractivity contribution in [2.45, 2.75) is 19.6 Å². The molecule has 9 heteroatoms. The molecule has 0 saturated carbocycles. The summed E-state index contributed by atoms with van der Waals surface area (Å²) in [5.74, 6) is -1.19. The van der Waals surface area contributed by atoms with E-state index in [-0.39, 0.29) is 23.0 Å². The second-order valence-corrected chi connectivity index (χ2v) is 4.43. The number of ether oxygens (including phenoxy) is 1. The van der Waals surface area contributed by atoms with Crippen molar-refractivity contribution in [3.8, 4) is 0 Å². The molecule has 0 aliphatic rings. The Hall–Kier alpha value is -2.58. The number of hydrogen-bond acceptors (Lipinski definition) is 4. The molecule has 2 aromatic rings. The van der Waals surface area contributed by atoms with Crippen LogP contribution in [0.2, 0.25) is 0 Å². The Balaban J connectivity index is 2.41. The van der Waals surface area contributed by atoms with Gasteiger partial charge in [-0.1, -0.05) is 0 Å². The molecule has 1 heterocycles. The summed E-state index contributed by atoms with van der Waals surface area (Å²) >= 11 is 0. The molecule has 0 fully saturated rings. The Bertz CT molecular complexity index is 836. The molecule has 0 amide bonds. The maximum Gasteiger partial charge on any atom is 0.422 e.